The predicted molar refractivity (Wildman–Crippen MR) is 89.2 cm³/mol. The Balaban J connectivity index is 1.86. The molecule has 0 spiro atoms. The Bertz CT molecular complexity index is 552. The lowest BCUT2D eigenvalue weighted by molar-refractivity contribution is 0.414. The summed E-state index contributed by atoms with van der Waals surface area (Å²) in [6.07, 6.45) is 1.05. The third-order valence-corrected chi connectivity index (χ3v) is 3.49. The van der Waals surface area contributed by atoms with E-state index in [0.29, 0.717) is 0 Å². The highest BCUT2D eigenvalue weighted by Gasteiger charge is 2.05. The zero-order valence-electron chi connectivity index (χ0n) is 13.1. The molecule has 3 heteroatoms. The van der Waals surface area contributed by atoms with E-state index in [9.17, 15) is 0 Å². The molecule has 112 valence electrons. The van der Waals surface area contributed by atoms with E-state index in [4.69, 9.17) is 4.74 Å². The first-order chi connectivity index (χ1) is 10.2. The Morgan fingerprint density at radius 3 is 2.43 bits per heavy atom. The predicted octanol–water partition coefficient (Wildman–Crippen LogP) is 3.09. The van der Waals surface area contributed by atoms with E-state index in [1.165, 1.54) is 11.1 Å². The lowest BCUT2D eigenvalue weighted by Crippen LogP contribution is -2.17. The molecule has 0 radical (unpaired) electrons. The van der Waals surface area contributed by atoms with E-state index in [2.05, 4.69) is 58.7 Å². The van der Waals surface area contributed by atoms with Crippen LogP contribution in [0, 0.1) is 0 Å². The van der Waals surface area contributed by atoms with Crippen LogP contribution in [0.2, 0.25) is 0 Å². The van der Waals surface area contributed by atoms with Gasteiger partial charge in [0.1, 0.15) is 5.75 Å². The van der Waals surface area contributed by atoms with E-state index in [0.717, 1.165) is 30.9 Å². The van der Waals surface area contributed by atoms with Crippen molar-refractivity contribution in [2.75, 3.05) is 32.6 Å². The molecule has 0 saturated carbocycles. The number of hydrogen-bond donors (Lipinski definition) is 1. The summed E-state index contributed by atoms with van der Waals surface area (Å²) >= 11 is 0. The summed E-state index contributed by atoms with van der Waals surface area (Å²) in [5.41, 5.74) is 3.71. The second-order valence-electron chi connectivity index (χ2n) is 5.31. The SMILES string of the molecule is COc1cc(CNCCc2ccccc2)ccc1N(C)C. The number of anilines is 1. The van der Waals surface area contributed by atoms with Crippen molar-refractivity contribution in [1.82, 2.24) is 5.32 Å². The molecule has 21 heavy (non-hydrogen) atoms. The minimum absolute atomic E-state index is 0.858. The van der Waals surface area contributed by atoms with E-state index in [1.54, 1.807) is 7.11 Å². The van der Waals surface area contributed by atoms with Crippen LogP contribution < -0.4 is 15.0 Å². The fourth-order valence-electron chi connectivity index (χ4n) is 2.31. The third-order valence-electron chi connectivity index (χ3n) is 3.49. The summed E-state index contributed by atoms with van der Waals surface area (Å²) in [7, 11) is 5.76. The molecule has 0 atom stereocenters. The highest BCUT2D eigenvalue weighted by atomic mass is 16.5. The van der Waals surface area contributed by atoms with Crippen molar-refractivity contribution >= 4 is 5.69 Å². The van der Waals surface area contributed by atoms with Crippen LogP contribution in [0.15, 0.2) is 48.5 Å². The second-order valence-corrected chi connectivity index (χ2v) is 5.31. The molecule has 0 amide bonds. The number of nitrogens with one attached hydrogen (secondary N) is 1. The van der Waals surface area contributed by atoms with Crippen molar-refractivity contribution in [3.05, 3.63) is 59.7 Å². The highest BCUT2D eigenvalue weighted by molar-refractivity contribution is 5.58. The van der Waals surface area contributed by atoms with Gasteiger partial charge < -0.3 is 15.0 Å². The van der Waals surface area contributed by atoms with Gasteiger partial charge in [0.2, 0.25) is 0 Å². The molecule has 0 saturated heterocycles. The van der Waals surface area contributed by atoms with Crippen LogP contribution in [0.4, 0.5) is 5.69 Å². The average Bonchev–Trinajstić information content (AvgIpc) is 2.52. The number of hydrogen-bond acceptors (Lipinski definition) is 3. The number of methoxy groups -OCH3 is 1. The zero-order chi connectivity index (χ0) is 15.1. The Kier molecular flexibility index (Phi) is 5.64. The molecule has 0 aromatic heterocycles. The summed E-state index contributed by atoms with van der Waals surface area (Å²) in [5.74, 6) is 0.919. The molecule has 0 bridgehead atoms. The van der Waals surface area contributed by atoms with Crippen LogP contribution in [-0.2, 0) is 13.0 Å². The second kappa shape index (κ2) is 7.70. The molecule has 0 heterocycles. The highest BCUT2D eigenvalue weighted by Crippen LogP contribution is 2.27. The minimum Gasteiger partial charge on any atom is -0.495 e. The fourth-order valence-corrected chi connectivity index (χ4v) is 2.31. The normalized spacial score (nSPS) is 10.4. The molecule has 0 fully saturated rings. The molecule has 2 rings (SSSR count). The van der Waals surface area contributed by atoms with E-state index in [1.807, 2.05) is 14.1 Å². The maximum atomic E-state index is 5.45. The lowest BCUT2D eigenvalue weighted by atomic mass is 10.1. The first kappa shape index (κ1) is 15.4. The molecule has 0 aliphatic rings. The molecular weight excluding hydrogens is 260 g/mol. The summed E-state index contributed by atoms with van der Waals surface area (Å²) < 4.78 is 5.45. The smallest absolute Gasteiger partial charge is 0.142 e. The number of benzene rings is 2. The molecule has 1 N–H and O–H groups in total. The Morgan fingerprint density at radius 1 is 1.00 bits per heavy atom. The van der Waals surface area contributed by atoms with Gasteiger partial charge in [-0.3, -0.25) is 0 Å². The van der Waals surface area contributed by atoms with Gasteiger partial charge in [0.25, 0.3) is 0 Å². The van der Waals surface area contributed by atoms with Gasteiger partial charge in [-0.05, 0) is 36.2 Å². The van der Waals surface area contributed by atoms with Gasteiger partial charge in [0.15, 0.2) is 0 Å². The summed E-state index contributed by atoms with van der Waals surface area (Å²) in [5, 5.41) is 3.48. The van der Waals surface area contributed by atoms with Crippen LogP contribution in [0.1, 0.15) is 11.1 Å². The monoisotopic (exact) mass is 284 g/mol. The third kappa shape index (κ3) is 4.50. The van der Waals surface area contributed by atoms with Crippen molar-refractivity contribution in [1.29, 1.82) is 0 Å². The van der Waals surface area contributed by atoms with Gasteiger partial charge in [-0.25, -0.2) is 0 Å². The van der Waals surface area contributed by atoms with Crippen LogP contribution in [0.5, 0.6) is 5.75 Å². The standard InChI is InChI=1S/C18H24N2O/c1-20(2)17-10-9-16(13-18(17)21-3)14-19-12-11-15-7-5-4-6-8-15/h4-10,13,19H,11-12,14H2,1-3H3. The summed E-state index contributed by atoms with van der Waals surface area (Å²) in [6, 6.07) is 16.9. The van der Waals surface area contributed by atoms with E-state index < -0.39 is 0 Å². The number of nitrogens with zero attached hydrogens (tertiary/aromatic N) is 1. The molecule has 2 aromatic carbocycles. The minimum atomic E-state index is 0.858. The largest absolute Gasteiger partial charge is 0.495 e. The topological polar surface area (TPSA) is 24.5 Å². The molecule has 0 aliphatic heterocycles. The Hall–Kier alpha value is -2.00. The first-order valence-electron chi connectivity index (χ1n) is 7.29. The maximum Gasteiger partial charge on any atom is 0.142 e. The van der Waals surface area contributed by atoms with E-state index >= 15 is 0 Å². The number of ether oxygens (including phenoxy) is 1. The van der Waals surface area contributed by atoms with Gasteiger partial charge in [0.05, 0.1) is 12.8 Å². The van der Waals surface area contributed by atoms with Crippen LogP contribution in [0.3, 0.4) is 0 Å². The first-order valence-corrected chi connectivity index (χ1v) is 7.29. The summed E-state index contributed by atoms with van der Waals surface area (Å²) in [4.78, 5) is 2.06. The fraction of sp³-hybridized carbons (Fsp3) is 0.333. The van der Waals surface area contributed by atoms with Crippen molar-refractivity contribution in [3.63, 3.8) is 0 Å². The lowest BCUT2D eigenvalue weighted by Gasteiger charge is -2.17. The van der Waals surface area contributed by atoms with E-state index in [-0.39, 0.29) is 0 Å². The molecule has 2 aromatic rings. The van der Waals surface area contributed by atoms with Crippen LogP contribution >= 0.6 is 0 Å². The van der Waals surface area contributed by atoms with Gasteiger partial charge in [-0.15, -0.1) is 0 Å². The van der Waals surface area contributed by atoms with Crippen molar-refractivity contribution in [2.45, 2.75) is 13.0 Å². The summed E-state index contributed by atoms with van der Waals surface area (Å²) in [6.45, 7) is 1.83. The average molecular weight is 284 g/mol. The van der Waals surface area contributed by atoms with Gasteiger partial charge >= 0.3 is 0 Å². The van der Waals surface area contributed by atoms with Gasteiger partial charge in [-0.1, -0.05) is 36.4 Å². The van der Waals surface area contributed by atoms with Crippen LogP contribution in [0.25, 0.3) is 0 Å². The van der Waals surface area contributed by atoms with Crippen molar-refractivity contribution in [3.8, 4) is 5.75 Å². The van der Waals surface area contributed by atoms with Crippen molar-refractivity contribution < 1.29 is 4.74 Å². The van der Waals surface area contributed by atoms with Gasteiger partial charge in [-0.2, -0.15) is 0 Å². The molecular formula is C18H24N2O. The zero-order valence-corrected chi connectivity index (χ0v) is 13.1. The quantitative estimate of drug-likeness (QED) is 0.791. The van der Waals surface area contributed by atoms with Crippen molar-refractivity contribution in [2.24, 2.45) is 0 Å². The Morgan fingerprint density at radius 2 is 1.76 bits per heavy atom. The molecule has 3 nitrogen and oxygen atoms in total. The number of rotatable bonds is 7. The van der Waals surface area contributed by atoms with Gasteiger partial charge in [0, 0.05) is 20.6 Å². The maximum absolute atomic E-state index is 5.45. The molecule has 0 unspecified atom stereocenters. The molecule has 0 aliphatic carbocycles. The Labute approximate surface area is 127 Å². The van der Waals surface area contributed by atoms with Crippen LogP contribution in [-0.4, -0.2) is 27.7 Å².